The molecular weight excluding hydrogens is 498 g/mol. The Balaban J connectivity index is 1.52. The second kappa shape index (κ2) is 11.9. The molecule has 3 atom stereocenters. The van der Waals surface area contributed by atoms with E-state index in [2.05, 4.69) is 27.9 Å². The van der Waals surface area contributed by atoms with Gasteiger partial charge in [0.1, 0.15) is 0 Å². The van der Waals surface area contributed by atoms with Crippen LogP contribution in [0.4, 0.5) is 0 Å². The summed E-state index contributed by atoms with van der Waals surface area (Å²) in [6.45, 7) is 7.99. The van der Waals surface area contributed by atoms with Crippen molar-refractivity contribution in [3.8, 4) is 0 Å². The van der Waals surface area contributed by atoms with Gasteiger partial charge in [0.05, 0.1) is 11.5 Å². The minimum atomic E-state index is -0.961. The fourth-order valence-electron chi connectivity index (χ4n) is 6.30. The quantitative estimate of drug-likeness (QED) is 0.501. The smallest absolute Gasteiger partial charge is 0.255 e. The third kappa shape index (κ3) is 5.75. The van der Waals surface area contributed by atoms with E-state index >= 15 is 0 Å². The lowest BCUT2D eigenvalue weighted by atomic mass is 9.76. The zero-order valence-electron chi connectivity index (χ0n) is 23.0. The molecule has 1 aliphatic heterocycles. The van der Waals surface area contributed by atoms with Gasteiger partial charge in [-0.05, 0) is 76.2 Å². The Morgan fingerprint density at radius 2 is 1.84 bits per heavy atom. The van der Waals surface area contributed by atoms with Gasteiger partial charge in [-0.25, -0.2) is 4.99 Å². The molecule has 2 aromatic rings. The van der Waals surface area contributed by atoms with Crippen molar-refractivity contribution in [3.05, 3.63) is 46.5 Å². The molecule has 4 rings (SSSR count). The number of benzene rings is 1. The number of hydrogen-bond donors (Lipinski definition) is 1. The van der Waals surface area contributed by atoms with Gasteiger partial charge in [0.2, 0.25) is 0 Å². The number of hydrogen-bond acceptors (Lipinski definition) is 5. The molecule has 1 N–H and O–H groups in total. The third-order valence-electron chi connectivity index (χ3n) is 8.43. The lowest BCUT2D eigenvalue weighted by Gasteiger charge is -2.35. The summed E-state index contributed by atoms with van der Waals surface area (Å²) in [4.78, 5) is 42.3. The largest absolute Gasteiger partial charge is 0.550 e. The summed E-state index contributed by atoms with van der Waals surface area (Å²) in [5, 5.41) is 15.1. The minimum Gasteiger partial charge on any atom is -0.550 e. The van der Waals surface area contributed by atoms with E-state index in [0.717, 1.165) is 47.2 Å². The predicted molar refractivity (Wildman–Crippen MR) is 151 cm³/mol. The number of carbonyl (C=O) groups is 3. The van der Waals surface area contributed by atoms with Crippen LogP contribution in [0, 0.1) is 30.6 Å². The number of carboxylic acid groups (broad SMARTS) is 1. The summed E-state index contributed by atoms with van der Waals surface area (Å²) in [7, 11) is 0. The number of aliphatic imine (C=N–C) groups is 1. The second-order valence-corrected chi connectivity index (χ2v) is 11.8. The van der Waals surface area contributed by atoms with E-state index in [4.69, 9.17) is 0 Å². The molecular formula is C30H38N3O4S-. The van der Waals surface area contributed by atoms with Crippen LogP contribution in [0.5, 0.6) is 0 Å². The van der Waals surface area contributed by atoms with Gasteiger partial charge in [0, 0.05) is 45.8 Å². The van der Waals surface area contributed by atoms with Crippen LogP contribution in [0.25, 0.3) is 10.9 Å². The van der Waals surface area contributed by atoms with Gasteiger partial charge in [-0.3, -0.25) is 9.59 Å². The monoisotopic (exact) mass is 536 g/mol. The molecule has 1 aliphatic carbocycles. The van der Waals surface area contributed by atoms with Crippen LogP contribution in [0.2, 0.25) is 0 Å². The lowest BCUT2D eigenvalue weighted by Crippen LogP contribution is -2.35. The highest BCUT2D eigenvalue weighted by Crippen LogP contribution is 2.41. The van der Waals surface area contributed by atoms with Crippen LogP contribution < -0.4 is 10.4 Å². The summed E-state index contributed by atoms with van der Waals surface area (Å²) in [5.74, 6) is -1.35. The SMILES string of the molecule is CSC1=CC(C)=NC(=O)C1CNC(=O)c1c(C)n([C@H](C)C2CCC(CC(C)C(=O)[O-])CC2)c2ccccc12. The van der Waals surface area contributed by atoms with Crippen molar-refractivity contribution in [1.29, 1.82) is 0 Å². The van der Waals surface area contributed by atoms with Gasteiger partial charge < -0.3 is 19.8 Å². The fourth-order valence-corrected chi connectivity index (χ4v) is 7.06. The minimum absolute atomic E-state index is 0.177. The molecule has 38 heavy (non-hydrogen) atoms. The maximum Gasteiger partial charge on any atom is 0.255 e. The van der Waals surface area contributed by atoms with Crippen molar-refractivity contribution in [1.82, 2.24) is 9.88 Å². The highest BCUT2D eigenvalue weighted by atomic mass is 32.2. The molecule has 1 fully saturated rings. The van der Waals surface area contributed by atoms with E-state index in [9.17, 15) is 19.5 Å². The second-order valence-electron chi connectivity index (χ2n) is 10.9. The van der Waals surface area contributed by atoms with E-state index in [1.807, 2.05) is 44.4 Å². The van der Waals surface area contributed by atoms with E-state index in [1.165, 1.54) is 11.8 Å². The Morgan fingerprint density at radius 1 is 1.16 bits per heavy atom. The number of dihydropyridines is 1. The average molecular weight is 537 g/mol. The van der Waals surface area contributed by atoms with E-state index in [0.29, 0.717) is 29.5 Å². The molecule has 0 spiro atoms. The molecule has 2 amide bonds. The van der Waals surface area contributed by atoms with Gasteiger partial charge in [0.25, 0.3) is 11.8 Å². The van der Waals surface area contributed by atoms with Crippen LogP contribution >= 0.6 is 11.8 Å². The van der Waals surface area contributed by atoms with Gasteiger partial charge in [-0.2, -0.15) is 0 Å². The van der Waals surface area contributed by atoms with Gasteiger partial charge in [-0.15, -0.1) is 11.8 Å². The number of rotatable bonds is 9. The molecule has 204 valence electrons. The highest BCUT2D eigenvalue weighted by Gasteiger charge is 2.31. The third-order valence-corrected chi connectivity index (χ3v) is 9.31. The Hall–Kier alpha value is -2.87. The van der Waals surface area contributed by atoms with E-state index < -0.39 is 17.8 Å². The van der Waals surface area contributed by atoms with Crippen molar-refractivity contribution >= 4 is 46.2 Å². The zero-order valence-corrected chi connectivity index (χ0v) is 23.8. The average Bonchev–Trinajstić information content (AvgIpc) is 3.19. The first-order valence-corrected chi connectivity index (χ1v) is 14.8. The van der Waals surface area contributed by atoms with Gasteiger partial charge in [-0.1, -0.05) is 38.0 Å². The van der Waals surface area contributed by atoms with Crippen LogP contribution in [0.15, 0.2) is 40.2 Å². The summed E-state index contributed by atoms with van der Waals surface area (Å²) < 4.78 is 2.30. The highest BCUT2D eigenvalue weighted by molar-refractivity contribution is 8.02. The number of para-hydroxylation sites is 1. The number of fused-ring (bicyclic) bond motifs is 1. The number of nitrogens with one attached hydrogen (secondary N) is 1. The summed E-state index contributed by atoms with van der Waals surface area (Å²) in [5.41, 5.74) is 3.31. The lowest BCUT2D eigenvalue weighted by molar-refractivity contribution is -0.311. The predicted octanol–water partition coefficient (Wildman–Crippen LogP) is 4.69. The topological polar surface area (TPSA) is 104 Å². The number of aromatic nitrogens is 1. The van der Waals surface area contributed by atoms with Crippen LogP contribution in [0.1, 0.15) is 75.0 Å². The molecule has 0 radical (unpaired) electrons. The number of thioether (sulfide) groups is 1. The van der Waals surface area contributed by atoms with Gasteiger partial charge in [0.15, 0.2) is 0 Å². The van der Waals surface area contributed by atoms with Crippen molar-refractivity contribution < 1.29 is 19.5 Å². The maximum absolute atomic E-state index is 13.6. The number of amides is 2. The number of nitrogens with zero attached hydrogens (tertiary/aromatic N) is 2. The molecule has 1 saturated carbocycles. The summed E-state index contributed by atoms with van der Waals surface area (Å²) in [6.07, 6.45) is 8.63. The number of carboxylic acids is 1. The van der Waals surface area contributed by atoms with Crippen molar-refractivity contribution in [2.24, 2.45) is 28.7 Å². The first kappa shape index (κ1) is 28.1. The zero-order chi connectivity index (χ0) is 27.6. The Kier molecular flexibility index (Phi) is 8.81. The molecule has 1 aromatic heterocycles. The number of carbonyl (C=O) groups excluding carboxylic acids is 3. The normalized spacial score (nSPS) is 23.5. The van der Waals surface area contributed by atoms with Crippen LogP contribution in [-0.2, 0) is 9.59 Å². The molecule has 1 aromatic carbocycles. The summed E-state index contributed by atoms with van der Waals surface area (Å²) >= 11 is 1.51. The van der Waals surface area contributed by atoms with E-state index in [1.54, 1.807) is 6.92 Å². The molecule has 0 bridgehead atoms. The molecule has 7 nitrogen and oxygen atoms in total. The molecule has 0 saturated heterocycles. The van der Waals surface area contributed by atoms with Crippen LogP contribution in [-0.4, -0.2) is 40.9 Å². The first-order valence-electron chi connectivity index (χ1n) is 13.6. The number of aliphatic carboxylic acids is 1. The number of allylic oxidation sites excluding steroid dienone is 1. The summed E-state index contributed by atoms with van der Waals surface area (Å²) in [6, 6.07) is 8.21. The standard InChI is InChI=1S/C30H39N3O4S/c1-17(30(36)37)14-21-10-12-22(13-11-21)19(3)33-20(4)27(23-8-6-7-9-25(23)33)29(35)31-16-24-26(38-5)15-18(2)32-28(24)34/h6-9,15,17,19,21-22,24H,10-14,16H2,1-5H3,(H,31,35)(H,36,37)/p-1/t17?,19-,21?,22?,24?/m1/s1. The Labute approximate surface area is 229 Å². The molecule has 8 heteroatoms. The molecule has 2 aliphatic rings. The fraction of sp³-hybridized carbons (Fsp3) is 0.533. The Bertz CT molecular complexity index is 1290. The van der Waals surface area contributed by atoms with Crippen molar-refractivity contribution in [2.75, 3.05) is 12.8 Å². The maximum atomic E-state index is 13.6. The molecule has 2 unspecified atom stereocenters. The van der Waals surface area contributed by atoms with E-state index in [-0.39, 0.29) is 24.4 Å². The first-order chi connectivity index (χ1) is 18.1. The van der Waals surface area contributed by atoms with Gasteiger partial charge >= 0.3 is 0 Å². The van der Waals surface area contributed by atoms with Crippen LogP contribution in [0.3, 0.4) is 0 Å². The molecule has 2 heterocycles. The Morgan fingerprint density at radius 3 is 2.50 bits per heavy atom. The van der Waals surface area contributed by atoms with Crippen molar-refractivity contribution in [3.63, 3.8) is 0 Å². The van der Waals surface area contributed by atoms with Crippen molar-refractivity contribution in [2.45, 2.75) is 65.8 Å².